The van der Waals surface area contributed by atoms with Crippen molar-refractivity contribution in [2.75, 3.05) is 13.2 Å². The van der Waals surface area contributed by atoms with Crippen LogP contribution in [0.5, 0.6) is 0 Å². The van der Waals surface area contributed by atoms with Crippen LogP contribution in [-0.2, 0) is 28.6 Å². The van der Waals surface area contributed by atoms with Crippen LogP contribution in [0.3, 0.4) is 0 Å². The Morgan fingerprint density at radius 2 is 0.582 bits per heavy atom. The number of carbonyl (C=O) groups is 3. The average Bonchev–Trinajstić information content (AvgIpc) is 3.33. The van der Waals surface area contributed by atoms with Crippen molar-refractivity contribution in [2.24, 2.45) is 0 Å². The molecule has 0 aromatic heterocycles. The molecule has 0 aliphatic carbocycles. The molecule has 0 saturated carbocycles. The second-order valence-electron chi connectivity index (χ2n) is 18.8. The van der Waals surface area contributed by atoms with Gasteiger partial charge in [-0.05, 0) is 89.9 Å². The third kappa shape index (κ3) is 53.7. The van der Waals surface area contributed by atoms with Gasteiger partial charge >= 0.3 is 17.9 Å². The minimum Gasteiger partial charge on any atom is -0.462 e. The molecule has 67 heavy (non-hydrogen) atoms. The Kier molecular flexibility index (Phi) is 52.8. The van der Waals surface area contributed by atoms with Crippen LogP contribution < -0.4 is 0 Å². The van der Waals surface area contributed by atoms with E-state index < -0.39 is 6.10 Å². The highest BCUT2D eigenvalue weighted by molar-refractivity contribution is 5.71. The molecule has 0 heterocycles. The third-order valence-electron chi connectivity index (χ3n) is 12.2. The van der Waals surface area contributed by atoms with Gasteiger partial charge < -0.3 is 14.2 Å². The van der Waals surface area contributed by atoms with E-state index in [4.69, 9.17) is 14.2 Å². The second kappa shape index (κ2) is 55.4. The Labute approximate surface area is 414 Å². The zero-order chi connectivity index (χ0) is 48.6. The lowest BCUT2D eigenvalue weighted by molar-refractivity contribution is -0.167. The maximum absolute atomic E-state index is 12.8. The summed E-state index contributed by atoms with van der Waals surface area (Å²) in [6.07, 6.45) is 70.3. The van der Waals surface area contributed by atoms with Crippen LogP contribution in [-0.4, -0.2) is 37.2 Å². The molecule has 0 bridgehead atoms. The van der Waals surface area contributed by atoms with Crippen molar-refractivity contribution in [3.05, 3.63) is 72.9 Å². The van der Waals surface area contributed by atoms with Gasteiger partial charge in [0, 0.05) is 19.3 Å². The molecule has 0 rings (SSSR count). The first-order chi connectivity index (χ1) is 33.0. The SMILES string of the molecule is CC/C=C\C/C=C\C/C=C\C/C=C\C/C=C\CCCCCC(=O)OCC(COC(=O)CCCCC/C=C\CCCCCCCCC)OC(=O)CCCCCCCCCCCCCCCCCC. The van der Waals surface area contributed by atoms with E-state index >= 15 is 0 Å². The summed E-state index contributed by atoms with van der Waals surface area (Å²) < 4.78 is 16.8. The van der Waals surface area contributed by atoms with E-state index in [0.29, 0.717) is 19.3 Å². The number of rotatable bonds is 51. The first kappa shape index (κ1) is 63.8. The number of esters is 3. The summed E-state index contributed by atoms with van der Waals surface area (Å²) >= 11 is 0. The summed E-state index contributed by atoms with van der Waals surface area (Å²) in [7, 11) is 0. The highest BCUT2D eigenvalue weighted by atomic mass is 16.6. The zero-order valence-electron chi connectivity index (χ0n) is 44.2. The van der Waals surface area contributed by atoms with Gasteiger partial charge in [-0.2, -0.15) is 0 Å². The number of allylic oxidation sites excluding steroid dienone is 12. The van der Waals surface area contributed by atoms with Crippen LogP contribution in [0.25, 0.3) is 0 Å². The topological polar surface area (TPSA) is 78.9 Å². The van der Waals surface area contributed by atoms with Gasteiger partial charge in [0.15, 0.2) is 6.10 Å². The van der Waals surface area contributed by atoms with Crippen molar-refractivity contribution >= 4 is 17.9 Å². The molecule has 0 aliphatic heterocycles. The summed E-state index contributed by atoms with van der Waals surface area (Å²) in [6.45, 7) is 6.50. The molecule has 0 aliphatic rings. The van der Waals surface area contributed by atoms with E-state index in [9.17, 15) is 14.4 Å². The molecule has 6 nitrogen and oxygen atoms in total. The van der Waals surface area contributed by atoms with Crippen molar-refractivity contribution < 1.29 is 28.6 Å². The van der Waals surface area contributed by atoms with Gasteiger partial charge in [-0.3, -0.25) is 14.4 Å². The molecule has 6 heteroatoms. The van der Waals surface area contributed by atoms with E-state index in [2.05, 4.69) is 93.7 Å². The van der Waals surface area contributed by atoms with Crippen molar-refractivity contribution in [3.63, 3.8) is 0 Å². The van der Waals surface area contributed by atoms with Gasteiger partial charge in [0.05, 0.1) is 0 Å². The van der Waals surface area contributed by atoms with Gasteiger partial charge in [0.1, 0.15) is 13.2 Å². The first-order valence-corrected chi connectivity index (χ1v) is 28.4. The Morgan fingerprint density at radius 1 is 0.313 bits per heavy atom. The Hall–Kier alpha value is -3.15. The fourth-order valence-electron chi connectivity index (χ4n) is 7.93. The normalized spacial score (nSPS) is 12.6. The smallest absolute Gasteiger partial charge is 0.306 e. The van der Waals surface area contributed by atoms with Gasteiger partial charge in [-0.1, -0.05) is 241 Å². The zero-order valence-corrected chi connectivity index (χ0v) is 44.2. The summed E-state index contributed by atoms with van der Waals surface area (Å²) in [5, 5.41) is 0. The maximum atomic E-state index is 12.8. The van der Waals surface area contributed by atoms with E-state index in [-0.39, 0.29) is 31.1 Å². The number of hydrogen-bond donors (Lipinski definition) is 0. The van der Waals surface area contributed by atoms with Crippen LogP contribution >= 0.6 is 0 Å². The highest BCUT2D eigenvalue weighted by Gasteiger charge is 2.19. The molecule has 386 valence electrons. The molecule has 0 amide bonds. The first-order valence-electron chi connectivity index (χ1n) is 28.4. The van der Waals surface area contributed by atoms with Crippen LogP contribution in [0.2, 0.25) is 0 Å². The number of hydrogen-bond acceptors (Lipinski definition) is 6. The van der Waals surface area contributed by atoms with E-state index in [1.165, 1.54) is 128 Å². The monoisotopic (exact) mass is 935 g/mol. The molecule has 0 fully saturated rings. The lowest BCUT2D eigenvalue weighted by Gasteiger charge is -2.18. The van der Waals surface area contributed by atoms with Crippen molar-refractivity contribution in [2.45, 2.75) is 284 Å². The Morgan fingerprint density at radius 3 is 0.940 bits per heavy atom. The molecule has 0 N–H and O–H groups in total. The summed E-state index contributed by atoms with van der Waals surface area (Å²) in [4.78, 5) is 38.1. The number of ether oxygens (including phenoxy) is 3. The largest absolute Gasteiger partial charge is 0.462 e. The molecule has 1 unspecified atom stereocenters. The fraction of sp³-hybridized carbons (Fsp3) is 0.754. The van der Waals surface area contributed by atoms with Crippen molar-refractivity contribution in [1.82, 2.24) is 0 Å². The molecular weight excluding hydrogens is 829 g/mol. The summed E-state index contributed by atoms with van der Waals surface area (Å²) in [6, 6.07) is 0. The lowest BCUT2D eigenvalue weighted by atomic mass is 10.0. The number of carbonyl (C=O) groups excluding carboxylic acids is 3. The number of unbranched alkanes of at least 4 members (excludes halogenated alkanes) is 28. The fourth-order valence-corrected chi connectivity index (χ4v) is 7.93. The molecule has 1 atom stereocenters. The standard InChI is InChI=1S/C61H106O6/c1-4-7-10-13-16-19-22-25-28-30-31-32-34-36-39-42-45-48-51-54-60(63)66-57-58(56-65-59(62)53-50-47-44-41-38-35-27-24-21-18-15-12-9-6-3)67-61(64)55-52-49-46-43-40-37-33-29-26-23-20-17-14-11-8-5-2/h7,10,16,19,25,28,31-32,35-36,38-39,58H,4-6,8-9,11-15,17-18,20-24,26-27,29-30,33-34,37,40-57H2,1-3H3/b10-7-,19-16-,28-25-,32-31-,38-35-,39-36-. The second-order valence-corrected chi connectivity index (χ2v) is 18.8. The minimum absolute atomic E-state index is 0.0919. The van der Waals surface area contributed by atoms with Crippen LogP contribution in [0.1, 0.15) is 278 Å². The van der Waals surface area contributed by atoms with Gasteiger partial charge in [0.25, 0.3) is 0 Å². The van der Waals surface area contributed by atoms with Crippen LogP contribution in [0.4, 0.5) is 0 Å². The summed E-state index contributed by atoms with van der Waals surface area (Å²) in [5.41, 5.74) is 0. The van der Waals surface area contributed by atoms with Crippen LogP contribution in [0, 0.1) is 0 Å². The van der Waals surface area contributed by atoms with E-state index in [1.807, 2.05) is 0 Å². The lowest BCUT2D eigenvalue weighted by Crippen LogP contribution is -2.30. The van der Waals surface area contributed by atoms with Gasteiger partial charge in [0.2, 0.25) is 0 Å². The Bertz CT molecular complexity index is 1260. The van der Waals surface area contributed by atoms with Crippen molar-refractivity contribution in [1.29, 1.82) is 0 Å². The molecule has 0 radical (unpaired) electrons. The average molecular weight is 936 g/mol. The molecule has 0 aromatic carbocycles. The summed E-state index contributed by atoms with van der Waals surface area (Å²) in [5.74, 6) is -0.929. The molecule has 0 spiro atoms. The maximum Gasteiger partial charge on any atom is 0.306 e. The van der Waals surface area contributed by atoms with Gasteiger partial charge in [-0.25, -0.2) is 0 Å². The molecule has 0 aromatic rings. The minimum atomic E-state index is -0.793. The van der Waals surface area contributed by atoms with Crippen molar-refractivity contribution in [3.8, 4) is 0 Å². The van der Waals surface area contributed by atoms with Crippen LogP contribution in [0.15, 0.2) is 72.9 Å². The predicted molar refractivity (Wildman–Crippen MR) is 288 cm³/mol. The van der Waals surface area contributed by atoms with E-state index in [1.54, 1.807) is 0 Å². The molecular formula is C61H106O6. The Balaban J connectivity index is 4.44. The predicted octanol–water partition coefficient (Wildman–Crippen LogP) is 19.0. The quantitative estimate of drug-likeness (QED) is 0.0262. The molecule has 0 saturated heterocycles. The highest BCUT2D eigenvalue weighted by Crippen LogP contribution is 2.16. The third-order valence-corrected chi connectivity index (χ3v) is 12.2. The van der Waals surface area contributed by atoms with Gasteiger partial charge in [-0.15, -0.1) is 0 Å². The van der Waals surface area contributed by atoms with E-state index in [0.717, 1.165) is 109 Å².